The summed E-state index contributed by atoms with van der Waals surface area (Å²) in [6.07, 6.45) is 7.19. The molecule has 132 valence electrons. The number of pyridine rings is 1. The Morgan fingerprint density at radius 1 is 1.38 bits per heavy atom. The van der Waals surface area contributed by atoms with E-state index < -0.39 is 12.0 Å². The zero-order chi connectivity index (χ0) is 17.7. The number of rotatable bonds is 9. The predicted octanol–water partition coefficient (Wildman–Crippen LogP) is 1.49. The van der Waals surface area contributed by atoms with E-state index in [2.05, 4.69) is 31.1 Å². The lowest BCUT2D eigenvalue weighted by atomic mass is 9.83. The normalized spacial score (nSPS) is 15.5. The topological polar surface area (TPSA) is 107 Å². The van der Waals surface area contributed by atoms with Crippen LogP contribution < -0.4 is 11.5 Å². The van der Waals surface area contributed by atoms with E-state index >= 15 is 0 Å². The van der Waals surface area contributed by atoms with Gasteiger partial charge in [-0.2, -0.15) is 0 Å². The molecule has 3 atom stereocenters. The molecule has 24 heavy (non-hydrogen) atoms. The fraction of sp³-hybridized carbons (Fsp3) is 0.556. The standard InChI is InChI=1S/C18H28N4O2/c1-12(2)14(10-15(19)16(23)4-5-17(20)24)9-13-3-6-18-21-7-8-22(18)11-13/h3,6-8,11-12,14-16,23H,4-5,9-10,19H2,1-2H3,(H2,20,24). The van der Waals surface area contributed by atoms with Gasteiger partial charge in [-0.15, -0.1) is 0 Å². The highest BCUT2D eigenvalue weighted by Gasteiger charge is 2.23. The Morgan fingerprint density at radius 3 is 2.79 bits per heavy atom. The molecule has 3 unspecified atom stereocenters. The van der Waals surface area contributed by atoms with E-state index in [-0.39, 0.29) is 12.5 Å². The van der Waals surface area contributed by atoms with Gasteiger partial charge in [0.1, 0.15) is 5.65 Å². The van der Waals surface area contributed by atoms with Crippen LogP contribution in [0.5, 0.6) is 0 Å². The summed E-state index contributed by atoms with van der Waals surface area (Å²) in [5.41, 5.74) is 13.4. The third-order valence-corrected chi connectivity index (χ3v) is 4.65. The van der Waals surface area contributed by atoms with Crippen LogP contribution in [0.3, 0.4) is 0 Å². The molecule has 0 saturated heterocycles. The third-order valence-electron chi connectivity index (χ3n) is 4.65. The van der Waals surface area contributed by atoms with E-state index in [0.717, 1.165) is 12.1 Å². The van der Waals surface area contributed by atoms with Gasteiger partial charge in [-0.25, -0.2) is 4.98 Å². The summed E-state index contributed by atoms with van der Waals surface area (Å²) < 4.78 is 2.01. The van der Waals surface area contributed by atoms with Crippen molar-refractivity contribution in [3.63, 3.8) is 0 Å². The van der Waals surface area contributed by atoms with Crippen LogP contribution in [0.1, 0.15) is 38.7 Å². The highest BCUT2D eigenvalue weighted by molar-refractivity contribution is 5.73. The molecule has 2 aromatic heterocycles. The summed E-state index contributed by atoms with van der Waals surface area (Å²) in [6.45, 7) is 4.34. The zero-order valence-electron chi connectivity index (χ0n) is 14.4. The van der Waals surface area contributed by atoms with Crippen molar-refractivity contribution in [3.8, 4) is 0 Å². The molecule has 0 aromatic carbocycles. The summed E-state index contributed by atoms with van der Waals surface area (Å²) >= 11 is 0. The van der Waals surface area contributed by atoms with Gasteiger partial charge < -0.3 is 21.0 Å². The molecule has 0 spiro atoms. The monoisotopic (exact) mass is 332 g/mol. The number of carbonyl (C=O) groups is 1. The first kappa shape index (κ1) is 18.4. The van der Waals surface area contributed by atoms with E-state index in [9.17, 15) is 9.90 Å². The van der Waals surface area contributed by atoms with Gasteiger partial charge in [-0.1, -0.05) is 19.9 Å². The van der Waals surface area contributed by atoms with Crippen molar-refractivity contribution < 1.29 is 9.90 Å². The molecular formula is C18H28N4O2. The van der Waals surface area contributed by atoms with Crippen LogP contribution in [0, 0.1) is 11.8 Å². The fourth-order valence-electron chi connectivity index (χ4n) is 2.99. The number of aromatic nitrogens is 2. The molecule has 2 heterocycles. The van der Waals surface area contributed by atoms with Gasteiger partial charge in [0.15, 0.2) is 0 Å². The molecule has 0 aliphatic heterocycles. The van der Waals surface area contributed by atoms with E-state index in [0.29, 0.717) is 24.7 Å². The fourth-order valence-corrected chi connectivity index (χ4v) is 2.99. The Hall–Kier alpha value is -1.92. The molecule has 0 aliphatic rings. The maximum atomic E-state index is 10.8. The van der Waals surface area contributed by atoms with Crippen molar-refractivity contribution in [2.75, 3.05) is 0 Å². The van der Waals surface area contributed by atoms with Crippen molar-refractivity contribution in [1.29, 1.82) is 0 Å². The van der Waals surface area contributed by atoms with Crippen LogP contribution in [0.15, 0.2) is 30.7 Å². The number of hydrogen-bond acceptors (Lipinski definition) is 4. The first-order valence-electron chi connectivity index (χ1n) is 8.50. The number of primary amides is 1. The largest absolute Gasteiger partial charge is 0.391 e. The Balaban J connectivity index is 1.99. The van der Waals surface area contributed by atoms with Gasteiger partial charge >= 0.3 is 0 Å². The number of imidazole rings is 1. The van der Waals surface area contributed by atoms with Gasteiger partial charge in [-0.05, 0) is 42.7 Å². The highest BCUT2D eigenvalue weighted by atomic mass is 16.3. The van der Waals surface area contributed by atoms with Crippen molar-refractivity contribution >= 4 is 11.6 Å². The van der Waals surface area contributed by atoms with Gasteiger partial charge in [0, 0.05) is 31.1 Å². The zero-order valence-corrected chi connectivity index (χ0v) is 14.4. The second-order valence-electron chi connectivity index (χ2n) is 6.91. The number of nitrogens with zero attached hydrogens (tertiary/aromatic N) is 2. The molecule has 1 amide bonds. The molecule has 6 heteroatoms. The van der Waals surface area contributed by atoms with Crippen LogP contribution in [-0.2, 0) is 11.2 Å². The van der Waals surface area contributed by atoms with Crippen LogP contribution in [0.4, 0.5) is 0 Å². The van der Waals surface area contributed by atoms with Crippen molar-refractivity contribution in [2.24, 2.45) is 23.3 Å². The molecule has 6 nitrogen and oxygen atoms in total. The van der Waals surface area contributed by atoms with Crippen LogP contribution in [0.25, 0.3) is 5.65 Å². The van der Waals surface area contributed by atoms with Gasteiger partial charge in [0.05, 0.1) is 6.10 Å². The van der Waals surface area contributed by atoms with Crippen LogP contribution in [0.2, 0.25) is 0 Å². The van der Waals surface area contributed by atoms with E-state index in [1.54, 1.807) is 6.20 Å². The number of carbonyl (C=O) groups excluding carboxylic acids is 1. The molecule has 0 aliphatic carbocycles. The number of nitrogens with two attached hydrogens (primary N) is 2. The van der Waals surface area contributed by atoms with E-state index in [1.165, 1.54) is 5.56 Å². The van der Waals surface area contributed by atoms with Gasteiger partial charge in [0.25, 0.3) is 0 Å². The Bertz CT molecular complexity index is 668. The van der Waals surface area contributed by atoms with Gasteiger partial charge in [0.2, 0.25) is 5.91 Å². The lowest BCUT2D eigenvalue weighted by Crippen LogP contribution is -2.38. The number of aliphatic hydroxyl groups excluding tert-OH is 1. The molecule has 5 N–H and O–H groups in total. The predicted molar refractivity (Wildman–Crippen MR) is 94.3 cm³/mol. The summed E-state index contributed by atoms with van der Waals surface area (Å²) in [4.78, 5) is 15.1. The van der Waals surface area contributed by atoms with Gasteiger partial charge in [-0.3, -0.25) is 4.79 Å². The van der Waals surface area contributed by atoms with E-state index in [4.69, 9.17) is 11.5 Å². The minimum atomic E-state index is -0.699. The average molecular weight is 332 g/mol. The average Bonchev–Trinajstić information content (AvgIpc) is 2.99. The van der Waals surface area contributed by atoms with Crippen LogP contribution >= 0.6 is 0 Å². The Morgan fingerprint density at radius 2 is 2.12 bits per heavy atom. The first-order chi connectivity index (χ1) is 11.4. The minimum Gasteiger partial charge on any atom is -0.391 e. The number of fused-ring (bicyclic) bond motifs is 1. The number of hydrogen-bond donors (Lipinski definition) is 3. The summed E-state index contributed by atoms with van der Waals surface area (Å²) in [7, 11) is 0. The minimum absolute atomic E-state index is 0.165. The molecular weight excluding hydrogens is 304 g/mol. The molecule has 0 bridgehead atoms. The lowest BCUT2D eigenvalue weighted by Gasteiger charge is -2.27. The Kier molecular flexibility index (Phi) is 6.34. The molecule has 2 rings (SSSR count). The maximum Gasteiger partial charge on any atom is 0.217 e. The highest BCUT2D eigenvalue weighted by Crippen LogP contribution is 2.24. The van der Waals surface area contributed by atoms with Crippen molar-refractivity contribution in [1.82, 2.24) is 9.38 Å². The SMILES string of the molecule is CC(C)C(Cc1ccc2nccn2c1)CC(N)C(O)CCC(N)=O. The van der Waals surface area contributed by atoms with Crippen LogP contribution in [-0.4, -0.2) is 32.5 Å². The first-order valence-corrected chi connectivity index (χ1v) is 8.50. The maximum absolute atomic E-state index is 10.8. The number of aliphatic hydroxyl groups is 1. The second kappa shape index (κ2) is 8.26. The summed E-state index contributed by atoms with van der Waals surface area (Å²) in [6, 6.07) is 3.75. The lowest BCUT2D eigenvalue weighted by molar-refractivity contribution is -0.118. The quantitative estimate of drug-likeness (QED) is 0.646. The Labute approximate surface area is 142 Å². The smallest absolute Gasteiger partial charge is 0.217 e. The van der Waals surface area contributed by atoms with Crippen molar-refractivity contribution in [3.05, 3.63) is 36.3 Å². The van der Waals surface area contributed by atoms with E-state index in [1.807, 2.05) is 16.7 Å². The second-order valence-corrected chi connectivity index (χ2v) is 6.91. The number of amides is 1. The molecule has 0 fully saturated rings. The summed E-state index contributed by atoms with van der Waals surface area (Å²) in [5.74, 6) is 0.386. The summed E-state index contributed by atoms with van der Waals surface area (Å²) in [5, 5.41) is 10.1. The molecule has 0 radical (unpaired) electrons. The third kappa shape index (κ3) is 5.04. The molecule has 0 saturated carbocycles. The van der Waals surface area contributed by atoms with Crippen molar-refractivity contribution in [2.45, 2.75) is 51.7 Å². The molecule has 2 aromatic rings.